The highest BCUT2D eigenvalue weighted by Gasteiger charge is 2.05. The normalized spacial score (nSPS) is 10.9. The number of aromatic nitrogens is 2. The molecule has 0 aliphatic rings. The van der Waals surface area contributed by atoms with E-state index in [1.54, 1.807) is 0 Å². The van der Waals surface area contributed by atoms with E-state index in [4.69, 9.17) is 5.73 Å². The standard InChI is InChI=1S/C10H13N3/c1-3-13-10(11)8-6-7(2)4-5-9(8)12-13/h4-6H,3,11H2,1-2H3. The molecule has 0 unspecified atom stereocenters. The molecule has 0 amide bonds. The molecule has 1 heterocycles. The van der Waals surface area contributed by atoms with Gasteiger partial charge in [0.25, 0.3) is 0 Å². The fourth-order valence-corrected chi connectivity index (χ4v) is 1.51. The lowest BCUT2D eigenvalue weighted by Gasteiger charge is -1.96. The van der Waals surface area contributed by atoms with Crippen LogP contribution >= 0.6 is 0 Å². The van der Waals surface area contributed by atoms with E-state index in [9.17, 15) is 0 Å². The molecule has 0 spiro atoms. The third kappa shape index (κ3) is 1.16. The van der Waals surface area contributed by atoms with Crippen molar-refractivity contribution in [1.82, 2.24) is 9.78 Å². The number of fused-ring (bicyclic) bond motifs is 1. The van der Waals surface area contributed by atoms with Crippen molar-refractivity contribution in [1.29, 1.82) is 0 Å². The van der Waals surface area contributed by atoms with Crippen molar-refractivity contribution in [2.24, 2.45) is 0 Å². The van der Waals surface area contributed by atoms with Gasteiger partial charge in [-0.15, -0.1) is 0 Å². The minimum Gasteiger partial charge on any atom is -0.383 e. The lowest BCUT2D eigenvalue weighted by atomic mass is 10.2. The van der Waals surface area contributed by atoms with Gasteiger partial charge in [-0.3, -0.25) is 0 Å². The van der Waals surface area contributed by atoms with E-state index in [0.717, 1.165) is 23.3 Å². The second-order valence-electron chi connectivity index (χ2n) is 3.22. The molecule has 0 aliphatic heterocycles. The maximum absolute atomic E-state index is 5.92. The fourth-order valence-electron chi connectivity index (χ4n) is 1.51. The molecule has 0 bridgehead atoms. The van der Waals surface area contributed by atoms with Crippen LogP contribution in [0.4, 0.5) is 5.82 Å². The lowest BCUT2D eigenvalue weighted by molar-refractivity contribution is 0.678. The quantitative estimate of drug-likeness (QED) is 0.719. The summed E-state index contributed by atoms with van der Waals surface area (Å²) in [7, 11) is 0. The van der Waals surface area contributed by atoms with Crippen LogP contribution in [0, 0.1) is 6.92 Å². The number of nitrogens with zero attached hydrogens (tertiary/aromatic N) is 2. The molecule has 0 saturated carbocycles. The molecule has 2 N–H and O–H groups in total. The second kappa shape index (κ2) is 2.76. The SMILES string of the molecule is CCn1nc2ccc(C)cc2c1N. The van der Waals surface area contributed by atoms with E-state index in [0.29, 0.717) is 0 Å². The summed E-state index contributed by atoms with van der Waals surface area (Å²) in [5, 5.41) is 5.42. The minimum atomic E-state index is 0.765. The first-order chi connectivity index (χ1) is 6.22. The van der Waals surface area contributed by atoms with Crippen LogP contribution in [0.25, 0.3) is 10.9 Å². The number of benzene rings is 1. The van der Waals surface area contributed by atoms with Gasteiger partial charge >= 0.3 is 0 Å². The zero-order valence-corrected chi connectivity index (χ0v) is 7.91. The Hall–Kier alpha value is -1.51. The van der Waals surface area contributed by atoms with Gasteiger partial charge in [0.05, 0.1) is 5.52 Å². The van der Waals surface area contributed by atoms with Crippen molar-refractivity contribution >= 4 is 16.7 Å². The number of hydrogen-bond acceptors (Lipinski definition) is 2. The predicted molar refractivity (Wildman–Crippen MR) is 54.6 cm³/mol. The van der Waals surface area contributed by atoms with Crippen molar-refractivity contribution in [3.05, 3.63) is 23.8 Å². The fraction of sp³-hybridized carbons (Fsp3) is 0.300. The number of rotatable bonds is 1. The zero-order chi connectivity index (χ0) is 9.42. The summed E-state index contributed by atoms with van der Waals surface area (Å²) in [6.07, 6.45) is 0. The van der Waals surface area contributed by atoms with Gasteiger partial charge in [0, 0.05) is 11.9 Å². The monoisotopic (exact) mass is 175 g/mol. The first-order valence-electron chi connectivity index (χ1n) is 4.45. The van der Waals surface area contributed by atoms with E-state index in [1.807, 2.05) is 17.7 Å². The van der Waals surface area contributed by atoms with Gasteiger partial charge in [-0.05, 0) is 26.0 Å². The Bertz CT molecular complexity index is 443. The van der Waals surface area contributed by atoms with Crippen LogP contribution in [0.5, 0.6) is 0 Å². The highest BCUT2D eigenvalue weighted by molar-refractivity contribution is 5.89. The van der Waals surface area contributed by atoms with Crippen molar-refractivity contribution in [2.45, 2.75) is 20.4 Å². The van der Waals surface area contributed by atoms with Gasteiger partial charge in [-0.2, -0.15) is 5.10 Å². The summed E-state index contributed by atoms with van der Waals surface area (Å²) in [4.78, 5) is 0. The molecule has 0 aliphatic carbocycles. The van der Waals surface area contributed by atoms with Gasteiger partial charge in [0.1, 0.15) is 5.82 Å². The van der Waals surface area contributed by atoms with Crippen LogP contribution in [0.15, 0.2) is 18.2 Å². The second-order valence-corrected chi connectivity index (χ2v) is 3.22. The number of nitrogens with two attached hydrogens (primary N) is 1. The molecule has 0 atom stereocenters. The number of nitrogen functional groups attached to an aromatic ring is 1. The Labute approximate surface area is 77.2 Å². The molecule has 0 fully saturated rings. The predicted octanol–water partition coefficient (Wildman–Crippen LogP) is 1.95. The molecule has 0 radical (unpaired) electrons. The van der Waals surface area contributed by atoms with E-state index in [-0.39, 0.29) is 0 Å². The maximum atomic E-state index is 5.92. The minimum absolute atomic E-state index is 0.765. The topological polar surface area (TPSA) is 43.8 Å². The van der Waals surface area contributed by atoms with Crippen molar-refractivity contribution in [2.75, 3.05) is 5.73 Å². The van der Waals surface area contributed by atoms with E-state index < -0.39 is 0 Å². The summed E-state index contributed by atoms with van der Waals surface area (Å²) >= 11 is 0. The molecule has 2 rings (SSSR count). The zero-order valence-electron chi connectivity index (χ0n) is 7.91. The average Bonchev–Trinajstić information content (AvgIpc) is 2.44. The summed E-state index contributed by atoms with van der Waals surface area (Å²) in [6.45, 7) is 4.91. The molecule has 2 aromatic rings. The molecule has 13 heavy (non-hydrogen) atoms. The van der Waals surface area contributed by atoms with Gasteiger partial charge in [0.2, 0.25) is 0 Å². The first kappa shape index (κ1) is 8.10. The Morgan fingerprint density at radius 1 is 1.46 bits per heavy atom. The van der Waals surface area contributed by atoms with E-state index in [1.165, 1.54) is 5.56 Å². The molecular weight excluding hydrogens is 162 g/mol. The first-order valence-corrected chi connectivity index (χ1v) is 4.45. The highest BCUT2D eigenvalue weighted by atomic mass is 15.3. The van der Waals surface area contributed by atoms with Crippen molar-refractivity contribution < 1.29 is 0 Å². The number of hydrogen-bond donors (Lipinski definition) is 1. The van der Waals surface area contributed by atoms with Crippen LogP contribution in [0.2, 0.25) is 0 Å². The van der Waals surface area contributed by atoms with Crippen LogP contribution < -0.4 is 5.73 Å². The van der Waals surface area contributed by atoms with E-state index in [2.05, 4.69) is 24.2 Å². The number of anilines is 1. The van der Waals surface area contributed by atoms with Crippen LogP contribution in [0.3, 0.4) is 0 Å². The summed E-state index contributed by atoms with van der Waals surface area (Å²) in [5.74, 6) is 0.765. The maximum Gasteiger partial charge on any atom is 0.129 e. The molecule has 3 heteroatoms. The van der Waals surface area contributed by atoms with Gasteiger partial charge < -0.3 is 5.73 Å². The summed E-state index contributed by atoms with van der Waals surface area (Å²) < 4.78 is 1.82. The van der Waals surface area contributed by atoms with Gasteiger partial charge in [0.15, 0.2) is 0 Å². The largest absolute Gasteiger partial charge is 0.383 e. The molecule has 1 aromatic carbocycles. The molecule has 68 valence electrons. The average molecular weight is 175 g/mol. The van der Waals surface area contributed by atoms with Crippen LogP contribution in [-0.2, 0) is 6.54 Å². The molecule has 1 aromatic heterocycles. The summed E-state index contributed by atoms with van der Waals surface area (Å²) in [6, 6.07) is 6.13. The third-order valence-corrected chi connectivity index (χ3v) is 2.23. The Kier molecular flexibility index (Phi) is 1.72. The van der Waals surface area contributed by atoms with Gasteiger partial charge in [-0.25, -0.2) is 4.68 Å². The Morgan fingerprint density at radius 2 is 2.23 bits per heavy atom. The molecule has 0 saturated heterocycles. The van der Waals surface area contributed by atoms with Gasteiger partial charge in [-0.1, -0.05) is 11.6 Å². The van der Waals surface area contributed by atoms with Crippen LogP contribution in [-0.4, -0.2) is 9.78 Å². The number of aryl methyl sites for hydroxylation is 2. The van der Waals surface area contributed by atoms with Crippen LogP contribution in [0.1, 0.15) is 12.5 Å². The molecular formula is C10H13N3. The summed E-state index contributed by atoms with van der Waals surface area (Å²) in [5.41, 5.74) is 8.11. The van der Waals surface area contributed by atoms with Crippen molar-refractivity contribution in [3.8, 4) is 0 Å². The van der Waals surface area contributed by atoms with E-state index >= 15 is 0 Å². The lowest BCUT2D eigenvalue weighted by Crippen LogP contribution is -2.01. The Balaban J connectivity index is 2.77. The smallest absolute Gasteiger partial charge is 0.129 e. The Morgan fingerprint density at radius 3 is 2.92 bits per heavy atom. The van der Waals surface area contributed by atoms with Crippen molar-refractivity contribution in [3.63, 3.8) is 0 Å². The molecule has 3 nitrogen and oxygen atoms in total. The third-order valence-electron chi connectivity index (χ3n) is 2.23. The highest BCUT2D eigenvalue weighted by Crippen LogP contribution is 2.21.